The van der Waals surface area contributed by atoms with Crippen molar-refractivity contribution in [3.8, 4) is 22.6 Å². The van der Waals surface area contributed by atoms with Crippen molar-refractivity contribution in [2.24, 2.45) is 0 Å². The van der Waals surface area contributed by atoms with E-state index in [1.54, 1.807) is 6.07 Å². The van der Waals surface area contributed by atoms with Crippen LogP contribution in [0.25, 0.3) is 76.5 Å². The van der Waals surface area contributed by atoms with Gasteiger partial charge in [-0.25, -0.2) is 4.79 Å². The van der Waals surface area contributed by atoms with Gasteiger partial charge >= 0.3 is 26.3 Å². The van der Waals surface area contributed by atoms with Gasteiger partial charge in [-0.3, -0.25) is 0 Å². The van der Waals surface area contributed by atoms with Crippen LogP contribution in [0, 0.1) is 6.07 Å². The molecule has 3 heterocycles. The summed E-state index contributed by atoms with van der Waals surface area (Å²) in [5.74, 6) is 0.172. The van der Waals surface area contributed by atoms with Gasteiger partial charge in [0, 0.05) is 43.1 Å². The number of carbonyl (C=O) groups is 1. The van der Waals surface area contributed by atoms with Crippen molar-refractivity contribution in [2.75, 3.05) is 0 Å². The van der Waals surface area contributed by atoms with Crippen molar-refractivity contribution in [3.63, 3.8) is 0 Å². The quantitative estimate of drug-likeness (QED) is 0.106. The minimum Gasteiger partial charge on any atom is -0.455 e. The average molecular weight is 1210 g/mol. The fourth-order valence-corrected chi connectivity index (χ4v) is 11.9. The van der Waals surface area contributed by atoms with E-state index in [0.717, 1.165) is 82.0 Å². The van der Waals surface area contributed by atoms with E-state index in [1.807, 2.05) is 176 Å². The van der Waals surface area contributed by atoms with Gasteiger partial charge in [-0.15, -0.1) is 16.8 Å². The molecule has 7 heteroatoms. The maximum absolute atomic E-state index is 11.6. The van der Waals surface area contributed by atoms with Crippen molar-refractivity contribution in [2.45, 2.75) is 18.0 Å². The molecule has 0 radical (unpaired) electrons. The molecular formula is C82H59BrLiO5+. The predicted octanol–water partition coefficient (Wildman–Crippen LogP) is 18.4. The summed E-state index contributed by atoms with van der Waals surface area (Å²) in [7, 11) is 0. The fraction of sp³-hybridized carbons (Fsp3) is 0.0366. The van der Waals surface area contributed by atoms with Crippen molar-refractivity contribution in [1.82, 2.24) is 0 Å². The van der Waals surface area contributed by atoms with E-state index in [1.165, 1.54) is 32.3 Å². The van der Waals surface area contributed by atoms with Gasteiger partial charge in [-0.2, -0.15) is 24.3 Å². The van der Waals surface area contributed by atoms with Crippen LogP contribution in [0.4, 0.5) is 0 Å². The molecule has 0 saturated carbocycles. The summed E-state index contributed by atoms with van der Waals surface area (Å²) in [5, 5.41) is 23.7. The molecule has 1 aromatic heterocycles. The zero-order valence-electron chi connectivity index (χ0n) is 49.9. The number of ether oxygens (including phenoxy) is 2. The number of fused-ring (bicyclic) bond motifs is 7. The second-order valence-corrected chi connectivity index (χ2v) is 22.4. The number of benzene rings is 14. The van der Waals surface area contributed by atoms with Gasteiger partial charge in [0.15, 0.2) is 6.10 Å². The van der Waals surface area contributed by atoms with Crippen LogP contribution in [0.3, 0.4) is 0 Å². The van der Waals surface area contributed by atoms with Gasteiger partial charge in [0.1, 0.15) is 17.6 Å². The van der Waals surface area contributed by atoms with Crippen LogP contribution < -0.4 is 18.9 Å². The molecule has 17 rings (SSSR count). The first-order valence-corrected chi connectivity index (χ1v) is 30.1. The van der Waals surface area contributed by atoms with Crippen LogP contribution in [-0.4, -0.2) is 11.1 Å². The number of halogens is 1. The van der Waals surface area contributed by atoms with Crippen LogP contribution in [0.15, 0.2) is 343 Å². The third-order valence-corrected chi connectivity index (χ3v) is 16.4. The van der Waals surface area contributed by atoms with E-state index in [9.17, 15) is 9.90 Å². The van der Waals surface area contributed by atoms with Gasteiger partial charge in [-0.1, -0.05) is 295 Å². The Labute approximate surface area is 539 Å². The van der Waals surface area contributed by atoms with Gasteiger partial charge in [0.05, 0.1) is 5.56 Å². The van der Waals surface area contributed by atoms with E-state index in [0.29, 0.717) is 5.56 Å². The Kier molecular flexibility index (Phi) is 18.3. The molecule has 0 fully saturated rings. The van der Waals surface area contributed by atoms with Crippen molar-refractivity contribution >= 4 is 75.8 Å². The molecule has 2 aliphatic heterocycles. The molecular weight excluding hydrogens is 1150 g/mol. The summed E-state index contributed by atoms with van der Waals surface area (Å²) < 4.78 is 19.2. The molecule has 2 aliphatic rings. The minimum atomic E-state index is -1.46. The topological polar surface area (TPSA) is 68.9 Å². The third-order valence-electron chi connectivity index (χ3n) is 15.9. The zero-order valence-corrected chi connectivity index (χ0v) is 50.5. The molecule has 3 unspecified atom stereocenters. The van der Waals surface area contributed by atoms with Crippen LogP contribution in [-0.2, 0) is 15.3 Å². The summed E-state index contributed by atoms with van der Waals surface area (Å²) in [4.78, 5) is 11.6. The number of aliphatic hydroxyl groups is 1. The van der Waals surface area contributed by atoms with Crippen molar-refractivity contribution in [1.29, 1.82) is 0 Å². The van der Waals surface area contributed by atoms with Gasteiger partial charge in [0.2, 0.25) is 5.79 Å². The Morgan fingerprint density at radius 2 is 0.865 bits per heavy atom. The SMILES string of the molecule is Brc1ccc2ccccc2c1.O=C1OC(c2ccccc2)c2ccccc21.OC1(c2ccc3ccccc3c2)OC(c2ccccc2)c2ccccc21.[H+].[Li+].[c-]1ccc2ccccc2c1.c1ccc(-c2oc(-c3ccc4ccccc4c3)c3ccccc23)cc1. The molecule has 0 bridgehead atoms. The minimum absolute atomic E-state index is 0. The summed E-state index contributed by atoms with van der Waals surface area (Å²) in [5.41, 5.74) is 8.47. The van der Waals surface area contributed by atoms with Crippen LogP contribution >= 0.6 is 15.9 Å². The molecule has 0 aliphatic carbocycles. The molecule has 1 N–H and O–H groups in total. The van der Waals surface area contributed by atoms with Crippen LogP contribution in [0.1, 0.15) is 57.4 Å². The first-order valence-electron chi connectivity index (χ1n) is 29.3. The smallest absolute Gasteiger partial charge is 0.455 e. The second-order valence-electron chi connectivity index (χ2n) is 21.5. The summed E-state index contributed by atoms with van der Waals surface area (Å²) >= 11 is 3.43. The molecule has 3 atom stereocenters. The number of esters is 1. The summed E-state index contributed by atoms with van der Waals surface area (Å²) in [6.07, 6.45) is -0.534. The molecule has 5 nitrogen and oxygen atoms in total. The molecule has 0 saturated heterocycles. The second kappa shape index (κ2) is 27.4. The number of hydrogen-bond acceptors (Lipinski definition) is 5. The van der Waals surface area contributed by atoms with Gasteiger partial charge in [0.25, 0.3) is 0 Å². The number of cyclic esters (lactones) is 1. The standard InChI is InChI=1S/C24H18O2.C24H16O.C14H10O2.C10H7Br.C10H7.Li/c25-24(20-15-14-17-8-4-5-11-19(17)16-20)22-13-7-6-12-21(22)23(26-24)18-9-2-1-3-10-18;1-2-9-18(10-3-1)23-21-12-6-7-13-22(21)24(25-23)20-15-14-17-8-4-5-11-19(17)16-20;15-14-12-9-5-4-8-11(12)13(16-14)10-6-2-1-3-7-10;11-10-6-5-8-3-1-2-4-9(8)7-10;1-2-6-10-8-4-3-7-9(10)5-1;/h1-16,23,25H;1-16H;1-9,13H;1-7H;1-3,5-8H;/q;;;;-1;+1/p+1. The molecule has 15 aromatic rings. The predicted molar refractivity (Wildman–Crippen MR) is 363 cm³/mol. The number of hydrogen-bond donors (Lipinski definition) is 1. The molecule has 424 valence electrons. The molecule has 14 aromatic carbocycles. The summed E-state index contributed by atoms with van der Waals surface area (Å²) in [6.45, 7) is 0. The first kappa shape index (κ1) is 59.5. The Balaban J connectivity index is 0.000000121. The van der Waals surface area contributed by atoms with E-state index >= 15 is 0 Å². The summed E-state index contributed by atoms with van der Waals surface area (Å²) in [6, 6.07) is 115. The van der Waals surface area contributed by atoms with E-state index in [2.05, 4.69) is 174 Å². The van der Waals surface area contributed by atoms with Crippen molar-refractivity contribution in [3.05, 3.63) is 383 Å². The fourth-order valence-electron chi connectivity index (χ4n) is 11.5. The van der Waals surface area contributed by atoms with Crippen LogP contribution in [0.5, 0.6) is 0 Å². The normalized spacial score (nSPS) is 15.1. The maximum atomic E-state index is 11.6. The Bertz CT molecular complexity index is 4840. The third kappa shape index (κ3) is 13.1. The largest absolute Gasteiger partial charge is 1.00 e. The first-order chi connectivity index (χ1) is 43.3. The zero-order chi connectivity index (χ0) is 59.7. The maximum Gasteiger partial charge on any atom is 1.00 e. The molecule has 0 spiro atoms. The molecule has 89 heavy (non-hydrogen) atoms. The van der Waals surface area contributed by atoms with Crippen LogP contribution in [0.2, 0.25) is 0 Å². The monoisotopic (exact) mass is 1210 g/mol. The average Bonchev–Trinajstić information content (AvgIpc) is 1.68. The van der Waals surface area contributed by atoms with E-state index in [-0.39, 0.29) is 38.5 Å². The van der Waals surface area contributed by atoms with Crippen molar-refractivity contribution < 1.29 is 44.1 Å². The van der Waals surface area contributed by atoms with Gasteiger partial charge in [-0.05, 0) is 79.3 Å². The van der Waals surface area contributed by atoms with E-state index in [4.69, 9.17) is 13.9 Å². The Hall–Kier alpha value is -9.87. The molecule has 0 amide bonds. The van der Waals surface area contributed by atoms with Gasteiger partial charge < -0.3 is 19.0 Å². The number of carbonyl (C=O) groups excluding carboxylic acids is 1. The number of rotatable bonds is 5. The Morgan fingerprint density at radius 3 is 1.49 bits per heavy atom. The Morgan fingerprint density at radius 1 is 0.404 bits per heavy atom. The van der Waals surface area contributed by atoms with E-state index < -0.39 is 5.79 Å². The number of furan rings is 1.